The van der Waals surface area contributed by atoms with E-state index in [0.717, 1.165) is 19.3 Å². The van der Waals surface area contributed by atoms with Crippen LogP contribution in [0.4, 0.5) is 4.79 Å². The Morgan fingerprint density at radius 2 is 2.14 bits per heavy atom. The zero-order chi connectivity index (χ0) is 10.7. The van der Waals surface area contributed by atoms with Gasteiger partial charge in [-0.1, -0.05) is 0 Å². The summed E-state index contributed by atoms with van der Waals surface area (Å²) in [5.41, 5.74) is 0. The Labute approximate surface area is 85.1 Å². The summed E-state index contributed by atoms with van der Waals surface area (Å²) in [6, 6.07) is 2.09. The summed E-state index contributed by atoms with van der Waals surface area (Å²) in [6.07, 6.45) is 2.84. The van der Waals surface area contributed by atoms with Gasteiger partial charge in [0.1, 0.15) is 6.04 Å². The molecule has 1 fully saturated rings. The number of urea groups is 1. The maximum Gasteiger partial charge on any atom is 0.320 e. The second-order valence-electron chi connectivity index (χ2n) is 4.01. The summed E-state index contributed by atoms with van der Waals surface area (Å²) >= 11 is 0. The Balaban J connectivity index is 2.80. The highest BCUT2D eigenvalue weighted by Crippen LogP contribution is 2.23. The smallest absolute Gasteiger partial charge is 0.320 e. The highest BCUT2D eigenvalue weighted by molar-refractivity contribution is 5.75. The van der Waals surface area contributed by atoms with Crippen molar-refractivity contribution in [1.29, 1.82) is 5.26 Å². The number of hydrogen-bond donors (Lipinski definition) is 0. The predicted octanol–water partition coefficient (Wildman–Crippen LogP) is 1.43. The number of rotatable bonds is 0. The molecule has 2 atom stereocenters. The fourth-order valence-corrected chi connectivity index (χ4v) is 1.87. The van der Waals surface area contributed by atoms with Crippen LogP contribution in [0.5, 0.6) is 0 Å². The van der Waals surface area contributed by atoms with Crippen LogP contribution in [-0.2, 0) is 0 Å². The van der Waals surface area contributed by atoms with Crippen molar-refractivity contribution >= 4 is 6.03 Å². The molecule has 4 nitrogen and oxygen atoms in total. The fourth-order valence-electron chi connectivity index (χ4n) is 1.87. The van der Waals surface area contributed by atoms with Crippen LogP contribution >= 0.6 is 0 Å². The summed E-state index contributed by atoms with van der Waals surface area (Å²) < 4.78 is 0. The molecule has 2 amide bonds. The molecular weight excluding hydrogens is 178 g/mol. The molecule has 0 radical (unpaired) electrons. The largest absolute Gasteiger partial charge is 0.331 e. The van der Waals surface area contributed by atoms with Gasteiger partial charge in [-0.15, -0.1) is 0 Å². The molecule has 0 N–H and O–H groups in total. The van der Waals surface area contributed by atoms with Gasteiger partial charge in [0.05, 0.1) is 6.07 Å². The summed E-state index contributed by atoms with van der Waals surface area (Å²) in [4.78, 5) is 15.0. The van der Waals surface area contributed by atoms with Crippen LogP contribution in [-0.4, -0.2) is 42.0 Å². The van der Waals surface area contributed by atoms with E-state index in [0.29, 0.717) is 0 Å². The number of carbonyl (C=O) groups excluding carboxylic acids is 1. The third kappa shape index (κ3) is 1.98. The van der Waals surface area contributed by atoms with Crippen molar-refractivity contribution in [3.8, 4) is 6.07 Å². The Hall–Kier alpha value is -1.24. The Morgan fingerprint density at radius 3 is 2.64 bits per heavy atom. The second kappa shape index (κ2) is 4.32. The van der Waals surface area contributed by atoms with Gasteiger partial charge in [0.15, 0.2) is 0 Å². The van der Waals surface area contributed by atoms with Gasteiger partial charge < -0.3 is 9.80 Å². The molecule has 0 saturated carbocycles. The van der Waals surface area contributed by atoms with Gasteiger partial charge in [-0.05, 0) is 26.2 Å². The van der Waals surface area contributed by atoms with Crippen LogP contribution in [0.2, 0.25) is 0 Å². The van der Waals surface area contributed by atoms with E-state index in [4.69, 9.17) is 5.26 Å². The lowest BCUT2D eigenvalue weighted by atomic mass is 9.98. The van der Waals surface area contributed by atoms with Gasteiger partial charge in [-0.2, -0.15) is 5.26 Å². The molecule has 1 heterocycles. The van der Waals surface area contributed by atoms with Gasteiger partial charge in [-0.3, -0.25) is 0 Å². The minimum absolute atomic E-state index is 0.0521. The predicted molar refractivity (Wildman–Crippen MR) is 53.6 cm³/mol. The number of amides is 2. The molecular formula is C10H17N3O. The SMILES string of the molecule is C[C@@H]1CCC[C@@H](C#N)N1C(=O)N(C)C. The standard InChI is InChI=1S/C10H17N3O/c1-8-5-4-6-9(7-11)13(8)10(14)12(2)3/h8-9H,4-6H2,1-3H3/t8-,9+/m1/s1. The van der Waals surface area contributed by atoms with Crippen molar-refractivity contribution in [2.45, 2.75) is 38.3 Å². The molecule has 1 rings (SSSR count). The molecule has 0 aromatic carbocycles. The van der Waals surface area contributed by atoms with Crippen LogP contribution in [0, 0.1) is 11.3 Å². The van der Waals surface area contributed by atoms with E-state index in [1.165, 1.54) is 4.90 Å². The highest BCUT2D eigenvalue weighted by Gasteiger charge is 2.32. The lowest BCUT2D eigenvalue weighted by molar-refractivity contribution is 0.115. The summed E-state index contributed by atoms with van der Waals surface area (Å²) in [5, 5.41) is 8.95. The van der Waals surface area contributed by atoms with E-state index in [1.807, 2.05) is 6.92 Å². The van der Waals surface area contributed by atoms with Crippen molar-refractivity contribution in [3.63, 3.8) is 0 Å². The van der Waals surface area contributed by atoms with Crippen molar-refractivity contribution in [3.05, 3.63) is 0 Å². The topological polar surface area (TPSA) is 47.3 Å². The summed E-state index contributed by atoms with van der Waals surface area (Å²) in [5.74, 6) is 0. The Kier molecular flexibility index (Phi) is 3.34. The normalized spacial score (nSPS) is 26.9. The first-order chi connectivity index (χ1) is 6.57. The van der Waals surface area contributed by atoms with Crippen LogP contribution < -0.4 is 0 Å². The maximum atomic E-state index is 11.8. The first kappa shape index (κ1) is 10.8. The molecule has 78 valence electrons. The zero-order valence-electron chi connectivity index (χ0n) is 9.03. The molecule has 1 aliphatic rings. The van der Waals surface area contributed by atoms with E-state index in [9.17, 15) is 4.79 Å². The number of likely N-dealkylation sites (tertiary alicyclic amines) is 1. The average molecular weight is 195 g/mol. The van der Waals surface area contributed by atoms with Crippen LogP contribution in [0.15, 0.2) is 0 Å². The zero-order valence-corrected chi connectivity index (χ0v) is 9.03. The van der Waals surface area contributed by atoms with Crippen molar-refractivity contribution in [2.24, 2.45) is 0 Å². The number of carbonyl (C=O) groups is 1. The maximum absolute atomic E-state index is 11.8. The van der Waals surface area contributed by atoms with Crippen molar-refractivity contribution < 1.29 is 4.79 Å². The number of nitrogens with zero attached hydrogens (tertiary/aromatic N) is 3. The monoisotopic (exact) mass is 195 g/mol. The van der Waals surface area contributed by atoms with Crippen LogP contribution in [0.1, 0.15) is 26.2 Å². The highest BCUT2D eigenvalue weighted by atomic mass is 16.2. The molecule has 0 aromatic rings. The van der Waals surface area contributed by atoms with E-state index in [-0.39, 0.29) is 18.1 Å². The van der Waals surface area contributed by atoms with Gasteiger partial charge >= 0.3 is 6.03 Å². The quantitative estimate of drug-likeness (QED) is 0.587. The van der Waals surface area contributed by atoms with E-state index < -0.39 is 0 Å². The molecule has 0 aromatic heterocycles. The van der Waals surface area contributed by atoms with Crippen LogP contribution in [0.3, 0.4) is 0 Å². The van der Waals surface area contributed by atoms with Gasteiger partial charge in [-0.25, -0.2) is 4.79 Å². The molecule has 1 saturated heterocycles. The average Bonchev–Trinajstić information content (AvgIpc) is 2.16. The molecule has 4 heteroatoms. The molecule has 1 aliphatic heterocycles. The number of nitriles is 1. The van der Waals surface area contributed by atoms with Gasteiger partial charge in [0.25, 0.3) is 0 Å². The lowest BCUT2D eigenvalue weighted by Gasteiger charge is -2.38. The lowest BCUT2D eigenvalue weighted by Crippen LogP contribution is -2.51. The molecule has 0 aliphatic carbocycles. The van der Waals surface area contributed by atoms with Gasteiger partial charge in [0.2, 0.25) is 0 Å². The van der Waals surface area contributed by atoms with Crippen LogP contribution in [0.25, 0.3) is 0 Å². The summed E-state index contributed by atoms with van der Waals surface area (Å²) in [6.45, 7) is 2.00. The molecule has 0 bridgehead atoms. The first-order valence-corrected chi connectivity index (χ1v) is 4.97. The fraction of sp³-hybridized carbons (Fsp3) is 0.800. The third-order valence-corrected chi connectivity index (χ3v) is 2.66. The van der Waals surface area contributed by atoms with Gasteiger partial charge in [0, 0.05) is 20.1 Å². The molecule has 14 heavy (non-hydrogen) atoms. The van der Waals surface area contributed by atoms with E-state index in [1.54, 1.807) is 19.0 Å². The van der Waals surface area contributed by atoms with E-state index >= 15 is 0 Å². The van der Waals surface area contributed by atoms with Crippen molar-refractivity contribution in [1.82, 2.24) is 9.80 Å². The molecule has 0 spiro atoms. The summed E-state index contributed by atoms with van der Waals surface area (Å²) in [7, 11) is 3.44. The van der Waals surface area contributed by atoms with E-state index in [2.05, 4.69) is 6.07 Å². The first-order valence-electron chi connectivity index (χ1n) is 4.97. The van der Waals surface area contributed by atoms with Crippen molar-refractivity contribution in [2.75, 3.05) is 14.1 Å². The minimum Gasteiger partial charge on any atom is -0.331 e. The minimum atomic E-state index is -0.242. The Morgan fingerprint density at radius 1 is 1.50 bits per heavy atom. The number of piperidine rings is 1. The second-order valence-corrected chi connectivity index (χ2v) is 4.01. The molecule has 0 unspecified atom stereocenters. The Bertz CT molecular complexity index is 257. The third-order valence-electron chi connectivity index (χ3n) is 2.66. The number of hydrogen-bond acceptors (Lipinski definition) is 2.